The van der Waals surface area contributed by atoms with Gasteiger partial charge in [0.05, 0.1) is 4.90 Å². The Hall–Kier alpha value is -2.33. The molecule has 1 aliphatic rings. The Morgan fingerprint density at radius 3 is 2.71 bits per heavy atom. The molecule has 1 N–H and O–H groups in total. The zero-order valence-electron chi connectivity index (χ0n) is 16.8. The summed E-state index contributed by atoms with van der Waals surface area (Å²) < 4.78 is 27.9. The molecule has 31 heavy (non-hydrogen) atoms. The second kappa shape index (κ2) is 9.04. The van der Waals surface area contributed by atoms with Crippen LogP contribution in [0.15, 0.2) is 53.4 Å². The van der Waals surface area contributed by atoms with Crippen LogP contribution in [-0.4, -0.2) is 41.9 Å². The van der Waals surface area contributed by atoms with Gasteiger partial charge in [-0.1, -0.05) is 47.2 Å². The van der Waals surface area contributed by atoms with E-state index in [0.717, 1.165) is 6.42 Å². The number of hydrogen-bond acceptors (Lipinski definition) is 6. The summed E-state index contributed by atoms with van der Waals surface area (Å²) in [5.74, 6) is -0.441. The number of benzene rings is 2. The Bertz CT molecular complexity index is 1200. The van der Waals surface area contributed by atoms with E-state index in [1.54, 1.807) is 37.3 Å². The fourth-order valence-electron chi connectivity index (χ4n) is 3.57. The average Bonchev–Trinajstić information content (AvgIpc) is 3.27. The van der Waals surface area contributed by atoms with Gasteiger partial charge in [-0.25, -0.2) is 8.42 Å². The molecule has 1 saturated heterocycles. The lowest BCUT2D eigenvalue weighted by atomic mass is 10.0. The number of nitrogens with zero attached hydrogens (tertiary/aromatic N) is 3. The topological polar surface area (TPSA) is 92.3 Å². The number of halogens is 1. The maximum atomic E-state index is 13.2. The minimum atomic E-state index is -3.68. The molecule has 7 nitrogen and oxygen atoms in total. The smallest absolute Gasteiger partial charge is 0.286 e. The SMILES string of the molecule is Cc1c(Cl)cccc1S(=O)(=O)N1CCCC(c2nnc(C(=O)Nc3ccccc3)s2)C1. The van der Waals surface area contributed by atoms with Crippen LogP contribution in [0.5, 0.6) is 0 Å². The molecule has 162 valence electrons. The summed E-state index contributed by atoms with van der Waals surface area (Å²) in [6.07, 6.45) is 1.49. The molecule has 0 saturated carbocycles. The van der Waals surface area contributed by atoms with E-state index >= 15 is 0 Å². The molecule has 1 atom stereocenters. The summed E-state index contributed by atoms with van der Waals surface area (Å²) in [4.78, 5) is 12.7. The van der Waals surface area contributed by atoms with E-state index in [1.807, 2.05) is 18.2 Å². The molecule has 0 aliphatic carbocycles. The monoisotopic (exact) mass is 476 g/mol. The van der Waals surface area contributed by atoms with Gasteiger partial charge in [0.1, 0.15) is 5.01 Å². The molecule has 0 radical (unpaired) electrons. The predicted octanol–water partition coefficient (Wildman–Crippen LogP) is 4.32. The summed E-state index contributed by atoms with van der Waals surface area (Å²) in [6, 6.07) is 14.0. The van der Waals surface area contributed by atoms with E-state index in [0.29, 0.717) is 40.8 Å². The molecule has 1 aliphatic heterocycles. The van der Waals surface area contributed by atoms with Crippen LogP contribution in [0.4, 0.5) is 5.69 Å². The zero-order valence-corrected chi connectivity index (χ0v) is 19.2. The minimum absolute atomic E-state index is 0.112. The van der Waals surface area contributed by atoms with E-state index in [4.69, 9.17) is 11.6 Å². The summed E-state index contributed by atoms with van der Waals surface area (Å²) in [7, 11) is -3.68. The molecule has 3 aromatic rings. The fraction of sp³-hybridized carbons (Fsp3) is 0.286. The third kappa shape index (κ3) is 4.64. The van der Waals surface area contributed by atoms with Gasteiger partial charge < -0.3 is 5.32 Å². The molecule has 1 unspecified atom stereocenters. The van der Waals surface area contributed by atoms with Gasteiger partial charge in [-0.2, -0.15) is 4.31 Å². The van der Waals surface area contributed by atoms with Gasteiger partial charge in [-0.3, -0.25) is 4.79 Å². The molecule has 2 aromatic carbocycles. The first-order valence-electron chi connectivity index (χ1n) is 9.81. The molecular formula is C21H21ClN4O3S2. The Balaban J connectivity index is 1.50. The minimum Gasteiger partial charge on any atom is -0.320 e. The van der Waals surface area contributed by atoms with Crippen molar-refractivity contribution in [2.75, 3.05) is 18.4 Å². The average molecular weight is 477 g/mol. The number of carbonyl (C=O) groups excluding carboxylic acids is 1. The van der Waals surface area contributed by atoms with Crippen LogP contribution in [-0.2, 0) is 10.0 Å². The normalized spacial score (nSPS) is 17.4. The van der Waals surface area contributed by atoms with Gasteiger partial charge in [0.25, 0.3) is 5.91 Å². The van der Waals surface area contributed by atoms with Gasteiger partial charge in [-0.15, -0.1) is 10.2 Å². The first-order chi connectivity index (χ1) is 14.9. The molecule has 1 amide bonds. The van der Waals surface area contributed by atoms with Gasteiger partial charge in [-0.05, 0) is 49.6 Å². The standard InChI is InChI=1S/C21H21ClN4O3S2/c1-14-17(22)10-5-11-18(14)31(28,29)26-12-6-7-15(13-26)20-24-25-21(30-20)19(27)23-16-8-3-2-4-9-16/h2-5,8-11,15H,6-7,12-13H2,1H3,(H,23,27). The number of hydrogen-bond donors (Lipinski definition) is 1. The highest BCUT2D eigenvalue weighted by Crippen LogP contribution is 2.33. The molecule has 0 bridgehead atoms. The molecule has 4 rings (SSSR count). The third-order valence-electron chi connectivity index (χ3n) is 5.24. The van der Waals surface area contributed by atoms with E-state index < -0.39 is 10.0 Å². The summed E-state index contributed by atoms with van der Waals surface area (Å²) in [6.45, 7) is 2.44. The predicted molar refractivity (Wildman–Crippen MR) is 121 cm³/mol. The van der Waals surface area contributed by atoms with Gasteiger partial charge in [0.2, 0.25) is 15.0 Å². The Kier molecular flexibility index (Phi) is 6.38. The van der Waals surface area contributed by atoms with Gasteiger partial charge in [0, 0.05) is 29.7 Å². The van der Waals surface area contributed by atoms with Crippen molar-refractivity contribution in [2.45, 2.75) is 30.6 Å². The molecule has 1 aromatic heterocycles. The number of nitrogens with one attached hydrogen (secondary N) is 1. The van der Waals surface area contributed by atoms with Gasteiger partial charge in [0.15, 0.2) is 0 Å². The van der Waals surface area contributed by atoms with Crippen molar-refractivity contribution < 1.29 is 13.2 Å². The quantitative estimate of drug-likeness (QED) is 0.592. The lowest BCUT2D eigenvalue weighted by Crippen LogP contribution is -2.39. The van der Waals surface area contributed by atoms with Crippen molar-refractivity contribution in [3.8, 4) is 0 Å². The third-order valence-corrected chi connectivity index (χ3v) is 8.74. The van der Waals surface area contributed by atoms with Crippen molar-refractivity contribution >= 4 is 44.6 Å². The van der Waals surface area contributed by atoms with Crippen LogP contribution in [0, 0.1) is 6.92 Å². The fourth-order valence-corrected chi connectivity index (χ4v) is 6.43. The summed E-state index contributed by atoms with van der Waals surface area (Å²) in [5.41, 5.74) is 1.22. The van der Waals surface area contributed by atoms with Crippen LogP contribution in [0.2, 0.25) is 5.02 Å². The first kappa shape index (κ1) is 21.9. The number of rotatable bonds is 5. The Morgan fingerprint density at radius 2 is 1.94 bits per heavy atom. The highest BCUT2D eigenvalue weighted by Gasteiger charge is 2.33. The number of para-hydroxylation sites is 1. The second-order valence-corrected chi connectivity index (χ2v) is 10.7. The van der Waals surface area contributed by atoms with Crippen molar-refractivity contribution in [3.63, 3.8) is 0 Å². The van der Waals surface area contributed by atoms with Crippen LogP contribution in [0.1, 0.15) is 39.1 Å². The van der Waals surface area contributed by atoms with Gasteiger partial charge >= 0.3 is 0 Å². The second-order valence-electron chi connectivity index (χ2n) is 7.33. The summed E-state index contributed by atoms with van der Waals surface area (Å²) >= 11 is 7.34. The zero-order chi connectivity index (χ0) is 22.0. The Labute approximate surface area is 190 Å². The number of piperidine rings is 1. The lowest BCUT2D eigenvalue weighted by molar-refractivity contribution is 0.102. The number of carbonyl (C=O) groups is 1. The van der Waals surface area contributed by atoms with Crippen molar-refractivity contribution in [3.05, 3.63) is 69.1 Å². The van der Waals surface area contributed by atoms with Crippen molar-refractivity contribution in [1.82, 2.24) is 14.5 Å². The summed E-state index contributed by atoms with van der Waals surface area (Å²) in [5, 5.41) is 12.4. The maximum absolute atomic E-state index is 13.2. The van der Waals surface area contributed by atoms with Crippen LogP contribution < -0.4 is 5.32 Å². The molecule has 2 heterocycles. The van der Waals surface area contributed by atoms with Crippen LogP contribution in [0.3, 0.4) is 0 Å². The maximum Gasteiger partial charge on any atom is 0.286 e. The molecular weight excluding hydrogens is 456 g/mol. The van der Waals surface area contributed by atoms with E-state index in [9.17, 15) is 13.2 Å². The van der Waals surface area contributed by atoms with E-state index in [2.05, 4.69) is 15.5 Å². The largest absolute Gasteiger partial charge is 0.320 e. The number of aromatic nitrogens is 2. The Morgan fingerprint density at radius 1 is 1.16 bits per heavy atom. The molecule has 1 fully saturated rings. The van der Waals surface area contributed by atoms with E-state index in [-0.39, 0.29) is 21.7 Å². The highest BCUT2D eigenvalue weighted by atomic mass is 35.5. The highest BCUT2D eigenvalue weighted by molar-refractivity contribution is 7.89. The van der Waals surface area contributed by atoms with Crippen molar-refractivity contribution in [1.29, 1.82) is 0 Å². The molecule has 10 heteroatoms. The lowest BCUT2D eigenvalue weighted by Gasteiger charge is -2.31. The first-order valence-corrected chi connectivity index (χ1v) is 12.4. The number of anilines is 1. The van der Waals surface area contributed by atoms with Crippen LogP contribution in [0.25, 0.3) is 0 Å². The van der Waals surface area contributed by atoms with Crippen molar-refractivity contribution in [2.24, 2.45) is 0 Å². The van der Waals surface area contributed by atoms with Crippen LogP contribution >= 0.6 is 22.9 Å². The molecule has 0 spiro atoms. The number of sulfonamides is 1. The number of amides is 1. The van der Waals surface area contributed by atoms with E-state index in [1.165, 1.54) is 15.6 Å².